The molecular weight excluding hydrogens is 282 g/mol. The molecule has 0 aliphatic carbocycles. The molecule has 0 atom stereocenters. The number of nitrogen functional groups attached to an aromatic ring is 1. The Hall–Kier alpha value is -2.00. The molecule has 0 aromatic heterocycles. The summed E-state index contributed by atoms with van der Waals surface area (Å²) in [5, 5.41) is 7.29. The molecule has 0 saturated carbocycles. The van der Waals surface area contributed by atoms with Gasteiger partial charge in [0.15, 0.2) is 0 Å². The second-order valence-electron chi connectivity index (χ2n) is 4.97. The van der Waals surface area contributed by atoms with Crippen molar-refractivity contribution in [3.8, 4) is 0 Å². The Balaban J connectivity index is 2.34. The summed E-state index contributed by atoms with van der Waals surface area (Å²) in [5.41, 5.74) is 10.7. The highest BCUT2D eigenvalue weighted by atomic mass is 35.5. The van der Waals surface area contributed by atoms with E-state index in [4.69, 9.17) is 17.3 Å². The smallest absolute Gasteiger partial charge is 0.0672 e. The monoisotopic (exact) mass is 301 g/mol. The highest BCUT2D eigenvalue weighted by Crippen LogP contribution is 2.21. The van der Waals surface area contributed by atoms with Crippen molar-refractivity contribution < 1.29 is 0 Å². The van der Waals surface area contributed by atoms with E-state index in [2.05, 4.69) is 43.2 Å². The molecule has 0 heterocycles. The van der Waals surface area contributed by atoms with Gasteiger partial charge in [0.05, 0.1) is 11.4 Å². The molecule has 3 nitrogen and oxygen atoms in total. The van der Waals surface area contributed by atoms with E-state index in [1.165, 1.54) is 5.56 Å². The van der Waals surface area contributed by atoms with Crippen molar-refractivity contribution in [2.45, 2.75) is 20.8 Å². The van der Waals surface area contributed by atoms with Crippen molar-refractivity contribution in [1.29, 1.82) is 0 Å². The molecule has 0 bridgehead atoms. The minimum Gasteiger partial charge on any atom is -0.398 e. The molecule has 0 aliphatic heterocycles. The third kappa shape index (κ3) is 3.76. The molecule has 0 amide bonds. The summed E-state index contributed by atoms with van der Waals surface area (Å²) in [4.78, 5) is 0. The molecule has 0 saturated heterocycles. The third-order valence-corrected chi connectivity index (χ3v) is 3.54. The van der Waals surface area contributed by atoms with Gasteiger partial charge in [0, 0.05) is 22.8 Å². The van der Waals surface area contributed by atoms with Crippen LogP contribution in [-0.2, 0) is 0 Å². The Bertz CT molecular complexity index is 648. The summed E-state index contributed by atoms with van der Waals surface area (Å²) in [6, 6.07) is 13.7. The van der Waals surface area contributed by atoms with Gasteiger partial charge in [-0.1, -0.05) is 29.3 Å². The second-order valence-corrected chi connectivity index (χ2v) is 5.40. The van der Waals surface area contributed by atoms with Gasteiger partial charge in [-0.05, 0) is 51.1 Å². The fourth-order valence-electron chi connectivity index (χ4n) is 2.10. The Morgan fingerprint density at radius 2 is 1.86 bits per heavy atom. The number of halogens is 1. The average Bonchev–Trinajstić information content (AvgIpc) is 2.48. The topological polar surface area (TPSA) is 41.6 Å². The van der Waals surface area contributed by atoms with Crippen LogP contribution in [-0.4, -0.2) is 12.3 Å². The lowest BCUT2D eigenvalue weighted by molar-refractivity contribution is 0.891. The molecule has 0 radical (unpaired) electrons. The fourth-order valence-corrected chi connectivity index (χ4v) is 2.28. The summed E-state index contributed by atoms with van der Waals surface area (Å²) in [6.07, 6.45) is 0. The van der Waals surface area contributed by atoms with Gasteiger partial charge in [0.25, 0.3) is 0 Å². The third-order valence-electron chi connectivity index (χ3n) is 3.31. The fraction of sp³-hybridized carbons (Fsp3) is 0.235. The number of anilines is 2. The van der Waals surface area contributed by atoms with Crippen LogP contribution in [0.5, 0.6) is 0 Å². The summed E-state index contributed by atoms with van der Waals surface area (Å²) in [6.45, 7) is 6.86. The van der Waals surface area contributed by atoms with Crippen LogP contribution in [0.3, 0.4) is 0 Å². The van der Waals surface area contributed by atoms with E-state index in [1.807, 2.05) is 18.0 Å². The molecule has 0 unspecified atom stereocenters. The molecule has 0 spiro atoms. The van der Waals surface area contributed by atoms with Gasteiger partial charge in [-0.3, -0.25) is 5.01 Å². The molecule has 110 valence electrons. The Morgan fingerprint density at radius 1 is 1.19 bits per heavy atom. The summed E-state index contributed by atoms with van der Waals surface area (Å²) >= 11 is 6.04. The number of hydrazone groups is 1. The largest absolute Gasteiger partial charge is 0.398 e. The second kappa shape index (κ2) is 6.64. The molecule has 21 heavy (non-hydrogen) atoms. The van der Waals surface area contributed by atoms with Crippen molar-refractivity contribution in [3.63, 3.8) is 0 Å². The van der Waals surface area contributed by atoms with Crippen LogP contribution in [0.2, 0.25) is 5.02 Å². The highest BCUT2D eigenvalue weighted by Gasteiger charge is 2.07. The van der Waals surface area contributed by atoms with Gasteiger partial charge in [-0.15, -0.1) is 0 Å². The maximum Gasteiger partial charge on any atom is 0.0672 e. The van der Waals surface area contributed by atoms with Crippen molar-refractivity contribution >= 4 is 28.7 Å². The van der Waals surface area contributed by atoms with E-state index >= 15 is 0 Å². The number of rotatable bonds is 4. The van der Waals surface area contributed by atoms with E-state index < -0.39 is 0 Å². The van der Waals surface area contributed by atoms with E-state index in [-0.39, 0.29) is 0 Å². The van der Waals surface area contributed by atoms with Crippen LogP contribution in [0.4, 0.5) is 11.4 Å². The quantitative estimate of drug-likeness (QED) is 0.514. The average molecular weight is 302 g/mol. The predicted octanol–water partition coefficient (Wildman–Crippen LogP) is 4.48. The van der Waals surface area contributed by atoms with Crippen LogP contribution < -0.4 is 10.7 Å². The molecule has 2 aromatic carbocycles. The number of aryl methyl sites for hydroxylation is 1. The SMILES string of the molecule is CCN(/N=C(\C)c1cc(Cl)ccc1N)c1ccc(C)cc1. The normalized spacial score (nSPS) is 11.5. The van der Waals surface area contributed by atoms with Crippen molar-refractivity contribution in [2.24, 2.45) is 5.10 Å². The minimum absolute atomic E-state index is 0.659. The zero-order valence-electron chi connectivity index (χ0n) is 12.6. The molecule has 4 heteroatoms. The van der Waals surface area contributed by atoms with Gasteiger partial charge in [0.1, 0.15) is 0 Å². The first-order valence-electron chi connectivity index (χ1n) is 6.96. The lowest BCUT2D eigenvalue weighted by Gasteiger charge is -2.19. The highest BCUT2D eigenvalue weighted by molar-refractivity contribution is 6.31. The van der Waals surface area contributed by atoms with Crippen LogP contribution in [0, 0.1) is 6.92 Å². The number of nitrogens with zero attached hydrogens (tertiary/aromatic N) is 2. The summed E-state index contributed by atoms with van der Waals surface area (Å²) in [5.74, 6) is 0. The van der Waals surface area contributed by atoms with E-state index in [0.29, 0.717) is 10.7 Å². The zero-order valence-corrected chi connectivity index (χ0v) is 13.4. The molecule has 0 fully saturated rings. The Morgan fingerprint density at radius 3 is 2.48 bits per heavy atom. The number of nitrogens with two attached hydrogens (primary N) is 1. The van der Waals surface area contributed by atoms with Crippen LogP contribution >= 0.6 is 11.6 Å². The van der Waals surface area contributed by atoms with Gasteiger partial charge >= 0.3 is 0 Å². The maximum atomic E-state index is 6.04. The molecular formula is C17H20ClN3. The first-order chi connectivity index (χ1) is 10.0. The molecule has 2 rings (SSSR count). The zero-order chi connectivity index (χ0) is 15.4. The van der Waals surface area contributed by atoms with E-state index in [0.717, 1.165) is 23.5 Å². The van der Waals surface area contributed by atoms with Crippen LogP contribution in [0.1, 0.15) is 25.0 Å². The molecule has 0 aliphatic rings. The molecule has 2 N–H and O–H groups in total. The first-order valence-corrected chi connectivity index (χ1v) is 7.34. The van der Waals surface area contributed by atoms with Gasteiger partial charge in [-0.25, -0.2) is 0 Å². The van der Waals surface area contributed by atoms with Gasteiger partial charge < -0.3 is 5.73 Å². The Kier molecular flexibility index (Phi) is 4.86. The molecule has 2 aromatic rings. The summed E-state index contributed by atoms with van der Waals surface area (Å²) in [7, 11) is 0. The van der Waals surface area contributed by atoms with Crippen molar-refractivity contribution in [1.82, 2.24) is 0 Å². The lowest BCUT2D eigenvalue weighted by atomic mass is 10.1. The minimum atomic E-state index is 0.659. The summed E-state index contributed by atoms with van der Waals surface area (Å²) < 4.78 is 0. The van der Waals surface area contributed by atoms with Crippen LogP contribution in [0.25, 0.3) is 0 Å². The van der Waals surface area contributed by atoms with Gasteiger partial charge in [0.2, 0.25) is 0 Å². The first kappa shape index (κ1) is 15.4. The lowest BCUT2D eigenvalue weighted by Crippen LogP contribution is -2.18. The predicted molar refractivity (Wildman–Crippen MR) is 92.3 cm³/mol. The van der Waals surface area contributed by atoms with Crippen molar-refractivity contribution in [2.75, 3.05) is 17.3 Å². The maximum absolute atomic E-state index is 6.04. The van der Waals surface area contributed by atoms with Crippen LogP contribution in [0.15, 0.2) is 47.6 Å². The van der Waals surface area contributed by atoms with E-state index in [9.17, 15) is 0 Å². The Labute approximate surface area is 131 Å². The van der Waals surface area contributed by atoms with E-state index in [1.54, 1.807) is 12.1 Å². The number of hydrogen-bond donors (Lipinski definition) is 1. The number of hydrogen-bond acceptors (Lipinski definition) is 3. The van der Waals surface area contributed by atoms with Crippen molar-refractivity contribution in [3.05, 3.63) is 58.6 Å². The standard InChI is InChI=1S/C17H20ClN3/c1-4-21(15-8-5-12(2)6-9-15)20-13(3)16-11-14(18)7-10-17(16)19/h5-11H,4,19H2,1-3H3/b20-13+. The number of benzene rings is 2. The van der Waals surface area contributed by atoms with Gasteiger partial charge in [-0.2, -0.15) is 5.10 Å².